The molecule has 1 fully saturated rings. The molecular weight excluding hydrogens is 628 g/mol. The van der Waals surface area contributed by atoms with Crippen molar-refractivity contribution in [1.82, 2.24) is 0 Å². The van der Waals surface area contributed by atoms with Gasteiger partial charge in [0.25, 0.3) is 0 Å². The third kappa shape index (κ3) is 6.29. The molecule has 0 aliphatic heterocycles. The molecule has 0 heterocycles. The van der Waals surface area contributed by atoms with Gasteiger partial charge in [0.15, 0.2) is 11.6 Å². The first-order valence-electron chi connectivity index (χ1n) is 11.7. The van der Waals surface area contributed by atoms with Crippen LogP contribution < -0.4 is 10.6 Å². The van der Waals surface area contributed by atoms with E-state index in [2.05, 4.69) is 17.2 Å². The number of carbonyl (C=O) groups is 3. The molecule has 0 spiro atoms. The van der Waals surface area contributed by atoms with Crippen molar-refractivity contribution in [3.63, 3.8) is 0 Å². The Morgan fingerprint density at radius 2 is 1.62 bits per heavy atom. The first kappa shape index (κ1) is 30.3. The van der Waals surface area contributed by atoms with Crippen LogP contribution >= 0.6 is 58.0 Å². The zero-order chi connectivity index (χ0) is 29.4. The monoisotopic (exact) mass is 644 g/mol. The van der Waals surface area contributed by atoms with Gasteiger partial charge >= 0.3 is 0 Å². The minimum Gasteiger partial charge on any atom is -0.326 e. The van der Waals surface area contributed by atoms with Crippen LogP contribution in [0.5, 0.6) is 0 Å². The Hall–Kier alpha value is -2.68. The lowest BCUT2D eigenvalue weighted by atomic mass is 10.0. The Morgan fingerprint density at radius 3 is 2.30 bits per heavy atom. The summed E-state index contributed by atoms with van der Waals surface area (Å²) in [6, 6.07) is 11.1. The average Bonchev–Trinajstić information content (AvgIpc) is 3.48. The predicted octanol–water partition coefficient (Wildman–Crippen LogP) is 8.39. The smallest absolute Gasteiger partial charge is 0.231 e. The lowest BCUT2D eigenvalue weighted by molar-refractivity contribution is -0.117. The second-order valence-electron chi connectivity index (χ2n) is 9.02. The molecule has 208 valence electrons. The molecule has 1 aliphatic carbocycles. The second kappa shape index (κ2) is 12.0. The van der Waals surface area contributed by atoms with Crippen molar-refractivity contribution in [2.45, 2.75) is 23.1 Å². The van der Waals surface area contributed by atoms with Crippen LogP contribution in [0.15, 0.2) is 61.2 Å². The van der Waals surface area contributed by atoms with E-state index in [0.717, 1.165) is 12.1 Å². The average molecular weight is 647 g/mol. The maximum absolute atomic E-state index is 15.0. The quantitative estimate of drug-likeness (QED) is 0.139. The fourth-order valence-corrected chi connectivity index (χ4v) is 5.60. The molecule has 1 saturated carbocycles. The number of amides is 2. The van der Waals surface area contributed by atoms with Gasteiger partial charge in [0.1, 0.15) is 15.8 Å². The fourth-order valence-electron chi connectivity index (χ4n) is 4.25. The van der Waals surface area contributed by atoms with Crippen molar-refractivity contribution in [3.05, 3.63) is 105 Å². The molecule has 1 aliphatic rings. The van der Waals surface area contributed by atoms with E-state index < -0.39 is 57.5 Å². The summed E-state index contributed by atoms with van der Waals surface area (Å²) in [6.45, 7) is 3.40. The minimum atomic E-state index is -1.40. The Balaban J connectivity index is 1.51. The zero-order valence-electron chi connectivity index (χ0n) is 20.3. The summed E-state index contributed by atoms with van der Waals surface area (Å²) in [5.41, 5.74) is 0.00461. The van der Waals surface area contributed by atoms with Crippen molar-refractivity contribution in [1.29, 1.82) is 0 Å². The maximum atomic E-state index is 15.0. The van der Waals surface area contributed by atoms with E-state index >= 15 is 0 Å². The van der Waals surface area contributed by atoms with Crippen LogP contribution in [0.3, 0.4) is 0 Å². The Morgan fingerprint density at radius 1 is 0.925 bits per heavy atom. The van der Waals surface area contributed by atoms with E-state index in [1.54, 1.807) is 18.2 Å². The van der Waals surface area contributed by atoms with E-state index in [-0.39, 0.29) is 28.3 Å². The van der Waals surface area contributed by atoms with Crippen molar-refractivity contribution in [3.8, 4) is 0 Å². The van der Waals surface area contributed by atoms with Crippen molar-refractivity contribution in [2.24, 2.45) is 5.92 Å². The van der Waals surface area contributed by atoms with Crippen molar-refractivity contribution in [2.75, 3.05) is 10.6 Å². The van der Waals surface area contributed by atoms with Gasteiger partial charge in [0, 0.05) is 30.0 Å². The van der Waals surface area contributed by atoms with E-state index in [4.69, 9.17) is 58.0 Å². The van der Waals surface area contributed by atoms with Crippen molar-refractivity contribution >= 4 is 87.0 Å². The second-order valence-corrected chi connectivity index (χ2v) is 11.7. The Labute approximate surface area is 253 Å². The van der Waals surface area contributed by atoms with Crippen molar-refractivity contribution < 1.29 is 23.2 Å². The largest absolute Gasteiger partial charge is 0.326 e. The van der Waals surface area contributed by atoms with E-state index in [0.29, 0.717) is 15.6 Å². The topological polar surface area (TPSA) is 75.3 Å². The van der Waals surface area contributed by atoms with Crippen LogP contribution in [-0.2, 0) is 16.0 Å². The molecule has 12 heteroatoms. The van der Waals surface area contributed by atoms with E-state index in [9.17, 15) is 23.2 Å². The normalized spacial score (nSPS) is 17.2. The molecular formula is C28H19Cl5F2N2O3. The first-order valence-corrected chi connectivity index (χ1v) is 13.6. The SMILES string of the molecule is C=CCC(=O)Nc1c(F)ccc(CC(=O)c2cc(NC(=O)[C@H]3[C@H](c4ccc(Cl)c(Cl)c4)C3(Cl)Cl)ccc2Cl)c1F. The number of hydrogen-bond acceptors (Lipinski definition) is 3. The number of benzene rings is 3. The zero-order valence-corrected chi connectivity index (χ0v) is 24.1. The molecule has 4 rings (SSSR count). The van der Waals surface area contributed by atoms with Gasteiger partial charge in [0.2, 0.25) is 11.8 Å². The molecule has 2 amide bonds. The number of hydrogen-bond donors (Lipinski definition) is 2. The van der Waals surface area contributed by atoms with Crippen LogP contribution in [0, 0.1) is 17.6 Å². The number of Topliss-reactive ketones (excluding diaryl/α,β-unsaturated/α-hetero) is 1. The van der Waals surface area contributed by atoms with Crippen LogP contribution in [-0.4, -0.2) is 21.9 Å². The van der Waals surface area contributed by atoms with Gasteiger partial charge in [-0.3, -0.25) is 14.4 Å². The molecule has 0 bridgehead atoms. The summed E-state index contributed by atoms with van der Waals surface area (Å²) in [5.74, 6) is -5.26. The molecule has 5 nitrogen and oxygen atoms in total. The maximum Gasteiger partial charge on any atom is 0.231 e. The van der Waals surface area contributed by atoms with Crippen LogP contribution in [0.4, 0.5) is 20.2 Å². The summed E-state index contributed by atoms with van der Waals surface area (Å²) in [6.07, 6.45) is 0.630. The molecule has 0 aromatic heterocycles. The molecule has 3 aromatic rings. The van der Waals surface area contributed by atoms with Gasteiger partial charge in [-0.2, -0.15) is 0 Å². The van der Waals surface area contributed by atoms with Crippen LogP contribution in [0.1, 0.15) is 33.8 Å². The summed E-state index contributed by atoms with van der Waals surface area (Å²) in [7, 11) is 0. The van der Waals surface area contributed by atoms with Crippen LogP contribution in [0.25, 0.3) is 0 Å². The number of ketones is 1. The van der Waals surface area contributed by atoms with E-state index in [1.807, 2.05) is 0 Å². The predicted molar refractivity (Wildman–Crippen MR) is 155 cm³/mol. The molecule has 2 N–H and O–H groups in total. The summed E-state index contributed by atoms with van der Waals surface area (Å²) < 4.78 is 27.8. The molecule has 3 aromatic carbocycles. The van der Waals surface area contributed by atoms with Crippen LogP contribution in [0.2, 0.25) is 15.1 Å². The van der Waals surface area contributed by atoms with Gasteiger partial charge in [-0.05, 0) is 47.5 Å². The van der Waals surface area contributed by atoms with Gasteiger partial charge in [-0.25, -0.2) is 8.78 Å². The highest BCUT2D eigenvalue weighted by molar-refractivity contribution is 6.53. The third-order valence-corrected chi connectivity index (χ3v) is 8.30. The lowest BCUT2D eigenvalue weighted by Gasteiger charge is -2.12. The number of anilines is 2. The number of rotatable bonds is 9. The van der Waals surface area contributed by atoms with Gasteiger partial charge in [-0.15, -0.1) is 29.8 Å². The highest BCUT2D eigenvalue weighted by Crippen LogP contribution is 2.65. The highest BCUT2D eigenvalue weighted by Gasteiger charge is 2.67. The Bertz CT molecular complexity index is 1550. The summed E-state index contributed by atoms with van der Waals surface area (Å²) >= 11 is 31.1. The number of nitrogens with one attached hydrogen (secondary N) is 2. The fraction of sp³-hybridized carbons (Fsp3) is 0.179. The number of alkyl halides is 2. The van der Waals surface area contributed by atoms with Gasteiger partial charge in [0.05, 0.1) is 21.0 Å². The Kier molecular flexibility index (Phi) is 9.12. The summed E-state index contributed by atoms with van der Waals surface area (Å²) in [5, 5.41) is 5.50. The summed E-state index contributed by atoms with van der Waals surface area (Å²) in [4.78, 5) is 37.9. The van der Waals surface area contributed by atoms with Gasteiger partial charge < -0.3 is 10.6 Å². The number of carbonyl (C=O) groups excluding carboxylic acids is 3. The minimum absolute atomic E-state index is 0.0136. The highest BCUT2D eigenvalue weighted by atomic mass is 35.5. The molecule has 0 saturated heterocycles. The number of halogens is 7. The molecule has 2 atom stereocenters. The lowest BCUT2D eigenvalue weighted by Crippen LogP contribution is -2.18. The van der Waals surface area contributed by atoms with Gasteiger partial charge in [-0.1, -0.05) is 53.0 Å². The molecule has 0 radical (unpaired) electrons. The molecule has 40 heavy (non-hydrogen) atoms. The standard InChI is InChI=1S/C28H19Cl5F2N2O3/c1-2-3-22(39)37-26-20(34)9-5-14(25(26)35)11-21(38)16-12-15(6-8-17(16)29)36-27(40)24-23(28(24,32)33)13-4-7-18(30)19(31)10-13/h2,4-10,12,23-24H,1,3,11H2,(H,36,40)(H,37,39)/t23-,24+/m0/s1. The third-order valence-electron chi connectivity index (χ3n) is 6.29. The van der Waals surface area contributed by atoms with E-state index in [1.165, 1.54) is 24.3 Å². The molecule has 0 unspecified atom stereocenters. The first-order chi connectivity index (χ1) is 18.8.